The third kappa shape index (κ3) is 1.36. The maximum Gasteiger partial charge on any atom is 0.269 e. The first-order chi connectivity index (χ1) is 4.67. The summed E-state index contributed by atoms with van der Waals surface area (Å²) in [6.07, 6.45) is 3.79. The molecule has 0 bridgehead atoms. The molecule has 0 saturated heterocycles. The molecule has 0 nitrogen and oxygen atoms in total. The number of rotatable bonds is 0. The van der Waals surface area contributed by atoms with E-state index in [0.29, 0.717) is 18.4 Å². The van der Waals surface area contributed by atoms with Crippen molar-refractivity contribution >= 4 is 0 Å². The molecule has 0 aromatic heterocycles. The van der Waals surface area contributed by atoms with Crippen LogP contribution >= 0.6 is 0 Å². The minimum atomic E-state index is -2.49. The van der Waals surface area contributed by atoms with E-state index in [9.17, 15) is 8.78 Å². The Labute approximate surface area is 59.9 Å². The zero-order valence-corrected chi connectivity index (χ0v) is 6.16. The quantitative estimate of drug-likeness (QED) is 0.460. The number of hydrogen-bond acceptors (Lipinski definition) is 0. The lowest BCUT2D eigenvalue weighted by Crippen LogP contribution is -2.22. The molecule has 10 heavy (non-hydrogen) atoms. The lowest BCUT2D eigenvalue weighted by molar-refractivity contribution is 0.0152. The molecule has 0 unspecified atom stereocenters. The van der Waals surface area contributed by atoms with Crippen LogP contribution in [0.3, 0.4) is 0 Å². The SMILES string of the molecule is C/C=C1\CCCCC1(F)F. The molecule has 0 atom stereocenters. The van der Waals surface area contributed by atoms with E-state index in [-0.39, 0.29) is 6.42 Å². The van der Waals surface area contributed by atoms with E-state index in [1.54, 1.807) is 13.0 Å². The summed E-state index contributed by atoms with van der Waals surface area (Å²) < 4.78 is 25.6. The van der Waals surface area contributed by atoms with E-state index in [1.807, 2.05) is 0 Å². The van der Waals surface area contributed by atoms with Crippen molar-refractivity contribution in [2.24, 2.45) is 0 Å². The summed E-state index contributed by atoms with van der Waals surface area (Å²) >= 11 is 0. The second-order valence-corrected chi connectivity index (χ2v) is 2.73. The van der Waals surface area contributed by atoms with Crippen molar-refractivity contribution in [1.29, 1.82) is 0 Å². The van der Waals surface area contributed by atoms with Gasteiger partial charge in [0.1, 0.15) is 0 Å². The van der Waals surface area contributed by atoms with E-state index in [2.05, 4.69) is 0 Å². The molecule has 0 aromatic rings. The first kappa shape index (κ1) is 7.70. The lowest BCUT2D eigenvalue weighted by atomic mass is 9.91. The summed E-state index contributed by atoms with van der Waals surface area (Å²) in [6.45, 7) is 1.69. The van der Waals surface area contributed by atoms with Crippen molar-refractivity contribution in [3.05, 3.63) is 11.6 Å². The normalized spacial score (nSPS) is 28.9. The van der Waals surface area contributed by atoms with Crippen LogP contribution in [0.2, 0.25) is 0 Å². The molecule has 1 rings (SSSR count). The fraction of sp³-hybridized carbons (Fsp3) is 0.750. The van der Waals surface area contributed by atoms with Crippen LogP contribution in [0.1, 0.15) is 32.6 Å². The third-order valence-electron chi connectivity index (χ3n) is 2.01. The van der Waals surface area contributed by atoms with Gasteiger partial charge in [-0.25, -0.2) is 8.78 Å². The maximum atomic E-state index is 12.8. The molecule has 0 N–H and O–H groups in total. The van der Waals surface area contributed by atoms with Gasteiger partial charge in [0, 0.05) is 6.42 Å². The number of halogens is 2. The van der Waals surface area contributed by atoms with Gasteiger partial charge in [-0.15, -0.1) is 0 Å². The first-order valence-electron chi connectivity index (χ1n) is 3.70. The first-order valence-corrected chi connectivity index (χ1v) is 3.70. The third-order valence-corrected chi connectivity index (χ3v) is 2.01. The van der Waals surface area contributed by atoms with Crippen molar-refractivity contribution in [1.82, 2.24) is 0 Å². The van der Waals surface area contributed by atoms with Gasteiger partial charge < -0.3 is 0 Å². The molecule has 1 saturated carbocycles. The van der Waals surface area contributed by atoms with Crippen molar-refractivity contribution in [3.63, 3.8) is 0 Å². The largest absolute Gasteiger partial charge is 0.269 e. The second kappa shape index (κ2) is 2.69. The van der Waals surface area contributed by atoms with Crippen LogP contribution < -0.4 is 0 Å². The van der Waals surface area contributed by atoms with E-state index < -0.39 is 5.92 Å². The highest BCUT2D eigenvalue weighted by atomic mass is 19.3. The summed E-state index contributed by atoms with van der Waals surface area (Å²) in [5.41, 5.74) is 0.332. The van der Waals surface area contributed by atoms with Crippen molar-refractivity contribution in [2.75, 3.05) is 0 Å². The van der Waals surface area contributed by atoms with Gasteiger partial charge in [0.15, 0.2) is 0 Å². The molecule has 1 aliphatic carbocycles. The second-order valence-electron chi connectivity index (χ2n) is 2.73. The molecule has 0 radical (unpaired) electrons. The predicted molar refractivity (Wildman–Crippen MR) is 37.2 cm³/mol. The predicted octanol–water partition coefficient (Wildman–Crippen LogP) is 3.14. The fourth-order valence-electron chi connectivity index (χ4n) is 1.36. The zero-order valence-electron chi connectivity index (χ0n) is 6.16. The Bertz CT molecular complexity index is 147. The molecule has 58 valence electrons. The zero-order chi connectivity index (χ0) is 7.61. The highest BCUT2D eigenvalue weighted by Gasteiger charge is 2.35. The lowest BCUT2D eigenvalue weighted by Gasteiger charge is -2.24. The molecule has 2 heteroatoms. The Balaban J connectivity index is 2.70. The topological polar surface area (TPSA) is 0 Å². The monoisotopic (exact) mass is 146 g/mol. The van der Waals surface area contributed by atoms with Crippen molar-refractivity contribution in [3.8, 4) is 0 Å². The standard InChI is InChI=1S/C8H12F2/c1-2-7-5-3-4-6-8(7,9)10/h2H,3-6H2,1H3/b7-2+. The Morgan fingerprint density at radius 3 is 2.50 bits per heavy atom. The molecule has 1 fully saturated rings. The van der Waals surface area contributed by atoms with Gasteiger partial charge in [-0.3, -0.25) is 0 Å². The van der Waals surface area contributed by atoms with Crippen molar-refractivity contribution < 1.29 is 8.78 Å². The van der Waals surface area contributed by atoms with Crippen LogP contribution in [0.25, 0.3) is 0 Å². The van der Waals surface area contributed by atoms with Crippen LogP contribution in [0, 0.1) is 0 Å². The molecule has 0 aliphatic heterocycles. The maximum absolute atomic E-state index is 12.8. The van der Waals surface area contributed by atoms with E-state index in [1.165, 1.54) is 0 Å². The Morgan fingerprint density at radius 2 is 2.10 bits per heavy atom. The summed E-state index contributed by atoms with van der Waals surface area (Å²) in [7, 11) is 0. The van der Waals surface area contributed by atoms with Gasteiger partial charge in [0.05, 0.1) is 0 Å². The van der Waals surface area contributed by atoms with Crippen LogP contribution in [0.4, 0.5) is 8.78 Å². The van der Waals surface area contributed by atoms with Gasteiger partial charge >= 0.3 is 0 Å². The molecular formula is C8H12F2. The van der Waals surface area contributed by atoms with E-state index >= 15 is 0 Å². The van der Waals surface area contributed by atoms with Gasteiger partial charge in [-0.1, -0.05) is 6.08 Å². The molecule has 0 amide bonds. The van der Waals surface area contributed by atoms with Gasteiger partial charge in [-0.2, -0.15) is 0 Å². The fourth-order valence-corrected chi connectivity index (χ4v) is 1.36. The summed E-state index contributed by atoms with van der Waals surface area (Å²) in [5.74, 6) is -2.49. The van der Waals surface area contributed by atoms with Crippen LogP contribution in [-0.4, -0.2) is 5.92 Å². The van der Waals surface area contributed by atoms with Gasteiger partial charge in [0.25, 0.3) is 5.92 Å². The molecule has 0 heterocycles. The molecule has 1 aliphatic rings. The van der Waals surface area contributed by atoms with Gasteiger partial charge in [0.2, 0.25) is 0 Å². The number of alkyl halides is 2. The van der Waals surface area contributed by atoms with Crippen LogP contribution in [0.15, 0.2) is 11.6 Å². The summed E-state index contributed by atoms with van der Waals surface area (Å²) in [6, 6.07) is 0. The minimum absolute atomic E-state index is 0.0483. The summed E-state index contributed by atoms with van der Waals surface area (Å²) in [5, 5.41) is 0. The van der Waals surface area contributed by atoms with E-state index in [0.717, 1.165) is 6.42 Å². The van der Waals surface area contributed by atoms with Crippen LogP contribution in [-0.2, 0) is 0 Å². The Hall–Kier alpha value is -0.400. The number of hydrogen-bond donors (Lipinski definition) is 0. The number of allylic oxidation sites excluding steroid dienone is 2. The highest BCUT2D eigenvalue weighted by Crippen LogP contribution is 2.37. The Morgan fingerprint density at radius 1 is 1.40 bits per heavy atom. The van der Waals surface area contributed by atoms with Gasteiger partial charge in [-0.05, 0) is 31.8 Å². The molecule has 0 aromatic carbocycles. The molecule has 0 spiro atoms. The minimum Gasteiger partial charge on any atom is -0.202 e. The molecular weight excluding hydrogens is 134 g/mol. The average Bonchev–Trinajstić information content (AvgIpc) is 1.87. The average molecular weight is 146 g/mol. The summed E-state index contributed by atoms with van der Waals surface area (Å²) in [4.78, 5) is 0. The van der Waals surface area contributed by atoms with E-state index in [4.69, 9.17) is 0 Å². The van der Waals surface area contributed by atoms with Crippen molar-refractivity contribution in [2.45, 2.75) is 38.5 Å². The smallest absolute Gasteiger partial charge is 0.202 e. The van der Waals surface area contributed by atoms with Crippen LogP contribution in [0.5, 0.6) is 0 Å². The highest BCUT2D eigenvalue weighted by molar-refractivity contribution is 5.13. The Kier molecular flexibility index (Phi) is 2.07.